The molecule has 160 valence electrons. The molecule has 2 aromatic rings. The number of aliphatic hydroxyl groups is 1. The van der Waals surface area contributed by atoms with Crippen molar-refractivity contribution in [2.45, 2.75) is 51.4 Å². The first-order valence-corrected chi connectivity index (χ1v) is 10.9. The molecule has 2 N–H and O–H groups in total. The lowest BCUT2D eigenvalue weighted by atomic mass is 10.0. The van der Waals surface area contributed by atoms with Crippen molar-refractivity contribution in [3.63, 3.8) is 0 Å². The third-order valence-corrected chi connectivity index (χ3v) is 6.00. The molecule has 0 radical (unpaired) electrons. The Hall–Kier alpha value is -2.55. The van der Waals surface area contributed by atoms with Gasteiger partial charge in [-0.05, 0) is 36.2 Å². The molecule has 2 atom stereocenters. The number of ether oxygens (including phenoxy) is 1. The fraction of sp³-hybridized carbons (Fsp3) is 0.409. The van der Waals surface area contributed by atoms with Gasteiger partial charge in [-0.3, -0.25) is 19.8 Å². The average Bonchev–Trinajstić information content (AvgIpc) is 3.32. The van der Waals surface area contributed by atoms with Crippen molar-refractivity contribution in [3.05, 3.63) is 51.7 Å². The lowest BCUT2D eigenvalue weighted by Crippen LogP contribution is -2.38. The van der Waals surface area contributed by atoms with E-state index < -0.39 is 24.1 Å². The van der Waals surface area contributed by atoms with Crippen LogP contribution < -0.4 is 10.2 Å². The molecule has 1 fully saturated rings. The second kappa shape index (κ2) is 10.5. The normalized spacial score (nSPS) is 17.3. The van der Waals surface area contributed by atoms with E-state index in [0.29, 0.717) is 17.0 Å². The van der Waals surface area contributed by atoms with Crippen LogP contribution in [-0.2, 0) is 16.1 Å². The predicted molar refractivity (Wildman–Crippen MR) is 115 cm³/mol. The van der Waals surface area contributed by atoms with E-state index in [4.69, 9.17) is 4.74 Å². The predicted octanol–water partition coefficient (Wildman–Crippen LogP) is 3.82. The van der Waals surface area contributed by atoms with Crippen molar-refractivity contribution in [1.82, 2.24) is 5.32 Å². The number of carbonyl (C=O) groups is 3. The first-order chi connectivity index (χ1) is 14.5. The second-order valence-electron chi connectivity index (χ2n) is 7.22. The Morgan fingerprint density at radius 2 is 1.97 bits per heavy atom. The Balaban J connectivity index is 1.62. The molecule has 2 heterocycles. The summed E-state index contributed by atoms with van der Waals surface area (Å²) in [6.45, 7) is 2.41. The largest absolute Gasteiger partial charge is 0.388 e. The third-order valence-electron chi connectivity index (χ3n) is 5.02. The Bertz CT molecular complexity index is 880. The molecular weight excluding hydrogens is 404 g/mol. The van der Waals surface area contributed by atoms with Gasteiger partial charge in [0.15, 0.2) is 6.29 Å². The summed E-state index contributed by atoms with van der Waals surface area (Å²) < 4.78 is 5.65. The minimum atomic E-state index is -0.775. The van der Waals surface area contributed by atoms with E-state index in [1.165, 1.54) is 16.2 Å². The van der Waals surface area contributed by atoms with Crippen molar-refractivity contribution < 1.29 is 24.2 Å². The summed E-state index contributed by atoms with van der Waals surface area (Å²) in [7, 11) is 0. The number of nitrogens with one attached hydrogen (secondary N) is 1. The fourth-order valence-corrected chi connectivity index (χ4v) is 4.14. The van der Waals surface area contributed by atoms with Crippen LogP contribution in [0.25, 0.3) is 0 Å². The molecule has 0 spiro atoms. The summed E-state index contributed by atoms with van der Waals surface area (Å²) >= 11 is 1.33. The van der Waals surface area contributed by atoms with Gasteiger partial charge in [0.05, 0.1) is 24.2 Å². The lowest BCUT2D eigenvalue weighted by Gasteiger charge is -2.22. The van der Waals surface area contributed by atoms with Gasteiger partial charge in [0.25, 0.3) is 5.91 Å². The molecular formula is C22H26N2O5S. The zero-order valence-corrected chi connectivity index (χ0v) is 17.7. The molecule has 8 heteroatoms. The van der Waals surface area contributed by atoms with Gasteiger partial charge in [-0.15, -0.1) is 11.3 Å². The number of imide groups is 1. The number of urea groups is 1. The van der Waals surface area contributed by atoms with Crippen LogP contribution in [0, 0.1) is 0 Å². The summed E-state index contributed by atoms with van der Waals surface area (Å²) in [5.41, 5.74) is 1.35. The molecule has 1 unspecified atom stereocenters. The van der Waals surface area contributed by atoms with E-state index in [1.807, 2.05) is 0 Å². The third kappa shape index (κ3) is 5.33. The molecule has 0 bridgehead atoms. The van der Waals surface area contributed by atoms with Crippen LogP contribution in [0.2, 0.25) is 0 Å². The van der Waals surface area contributed by atoms with Gasteiger partial charge in [-0.1, -0.05) is 38.3 Å². The van der Waals surface area contributed by atoms with Crippen LogP contribution in [0.4, 0.5) is 10.5 Å². The average molecular weight is 431 g/mol. The van der Waals surface area contributed by atoms with Crippen LogP contribution in [0.15, 0.2) is 36.4 Å². The van der Waals surface area contributed by atoms with E-state index in [-0.39, 0.29) is 13.2 Å². The number of carbonyl (C=O) groups excluding carboxylic acids is 3. The molecule has 1 aromatic heterocycles. The highest BCUT2D eigenvalue weighted by atomic mass is 32.1. The number of hydrogen-bond donors (Lipinski definition) is 2. The van der Waals surface area contributed by atoms with Gasteiger partial charge in [0.1, 0.15) is 6.04 Å². The summed E-state index contributed by atoms with van der Waals surface area (Å²) in [6, 6.07) is 9.29. The van der Waals surface area contributed by atoms with E-state index in [1.54, 1.807) is 36.4 Å². The molecule has 3 amide bonds. The van der Waals surface area contributed by atoms with Crippen LogP contribution in [-0.4, -0.2) is 36.0 Å². The number of nitrogens with zero attached hydrogens (tertiary/aromatic N) is 1. The molecule has 30 heavy (non-hydrogen) atoms. The Morgan fingerprint density at radius 3 is 2.63 bits per heavy atom. The van der Waals surface area contributed by atoms with E-state index in [9.17, 15) is 19.5 Å². The number of amides is 3. The topological polar surface area (TPSA) is 95.9 Å². The molecule has 7 nitrogen and oxygen atoms in total. The highest BCUT2D eigenvalue weighted by Crippen LogP contribution is 2.26. The Morgan fingerprint density at radius 1 is 1.20 bits per heavy atom. The van der Waals surface area contributed by atoms with Crippen molar-refractivity contribution in [2.75, 3.05) is 11.5 Å². The maximum Gasteiger partial charge on any atom is 0.329 e. The van der Waals surface area contributed by atoms with Gasteiger partial charge < -0.3 is 9.84 Å². The zero-order valence-electron chi connectivity index (χ0n) is 16.9. The van der Waals surface area contributed by atoms with Gasteiger partial charge >= 0.3 is 6.03 Å². The molecule has 0 saturated carbocycles. The molecule has 1 aromatic carbocycles. The monoisotopic (exact) mass is 430 g/mol. The van der Waals surface area contributed by atoms with Gasteiger partial charge in [0, 0.05) is 10.6 Å². The molecule has 3 rings (SSSR count). The minimum Gasteiger partial charge on any atom is -0.388 e. The Labute approximate surface area is 179 Å². The quantitative estimate of drug-likeness (QED) is 0.321. The Kier molecular flexibility index (Phi) is 7.73. The molecule has 1 saturated heterocycles. The zero-order chi connectivity index (χ0) is 21.5. The molecule has 1 aliphatic rings. The second-order valence-corrected chi connectivity index (χ2v) is 8.42. The van der Waals surface area contributed by atoms with Gasteiger partial charge in [0.2, 0.25) is 0 Å². The van der Waals surface area contributed by atoms with Gasteiger partial charge in [-0.25, -0.2) is 4.79 Å². The summed E-state index contributed by atoms with van der Waals surface area (Å²) in [5, 5.41) is 12.6. The van der Waals surface area contributed by atoms with Crippen molar-refractivity contribution in [3.8, 4) is 0 Å². The fourth-order valence-electron chi connectivity index (χ4n) is 3.37. The first kappa shape index (κ1) is 22.1. The number of hydrogen-bond acceptors (Lipinski definition) is 6. The van der Waals surface area contributed by atoms with E-state index in [0.717, 1.165) is 36.0 Å². The van der Waals surface area contributed by atoms with E-state index >= 15 is 0 Å². The number of unbranched alkanes of at least 4 members (excludes halogenated alkanes) is 2. The minimum absolute atomic E-state index is 0.0350. The maximum absolute atomic E-state index is 12.3. The van der Waals surface area contributed by atoms with Crippen LogP contribution >= 0.6 is 11.3 Å². The molecule has 0 aliphatic carbocycles. The molecule has 1 aliphatic heterocycles. The smallest absolute Gasteiger partial charge is 0.329 e. The van der Waals surface area contributed by atoms with Crippen molar-refractivity contribution in [1.29, 1.82) is 0 Å². The van der Waals surface area contributed by atoms with Crippen LogP contribution in [0.3, 0.4) is 0 Å². The highest BCUT2D eigenvalue weighted by molar-refractivity contribution is 7.13. The van der Waals surface area contributed by atoms with Gasteiger partial charge in [-0.2, -0.15) is 0 Å². The maximum atomic E-state index is 12.3. The summed E-state index contributed by atoms with van der Waals surface area (Å²) in [5.74, 6) is -0.413. The SMILES string of the molecule is CCCCCC(O)c1ccc(N2C(=O)NC(=O)[C@@H]2COCc2ccc(C=O)s2)cc1. The van der Waals surface area contributed by atoms with Crippen molar-refractivity contribution in [2.24, 2.45) is 0 Å². The number of aliphatic hydroxyl groups excluding tert-OH is 1. The highest BCUT2D eigenvalue weighted by Gasteiger charge is 2.39. The first-order valence-electron chi connectivity index (χ1n) is 10.1. The summed E-state index contributed by atoms with van der Waals surface area (Å²) in [4.78, 5) is 38.2. The van der Waals surface area contributed by atoms with Crippen molar-refractivity contribution >= 4 is 35.2 Å². The van der Waals surface area contributed by atoms with Crippen LogP contribution in [0.1, 0.15) is 58.8 Å². The summed E-state index contributed by atoms with van der Waals surface area (Å²) in [6.07, 6.45) is 4.07. The standard InChI is InChI=1S/C22H26N2O5S/c1-2-3-4-5-20(26)15-6-8-16(9-7-15)24-19(21(27)23-22(24)28)14-29-13-18-11-10-17(12-25)30-18/h6-12,19-20,26H,2-5,13-14H2,1H3,(H,23,27,28)/t19-,20?/m0/s1. The van der Waals surface area contributed by atoms with E-state index in [2.05, 4.69) is 12.2 Å². The van der Waals surface area contributed by atoms with Crippen LogP contribution in [0.5, 0.6) is 0 Å². The lowest BCUT2D eigenvalue weighted by molar-refractivity contribution is -0.121. The number of rotatable bonds is 11. The number of aldehydes is 1. The number of anilines is 1. The number of thiophene rings is 1. The number of benzene rings is 1.